The van der Waals surface area contributed by atoms with E-state index < -0.39 is 0 Å². The third-order valence-electron chi connectivity index (χ3n) is 8.48. The van der Waals surface area contributed by atoms with E-state index in [-0.39, 0.29) is 0 Å². The van der Waals surface area contributed by atoms with Crippen LogP contribution in [-0.4, -0.2) is 0 Å². The SMILES string of the molecule is CCC/C=C/C(=C(C)\C=C/c1ccc(-c2cc(-c3ccccc3)cc(-c3ccccc3)c2)cc1)c1ccccc1[C@@H](C)CC. The maximum Gasteiger partial charge on any atom is -0.0147 e. The van der Waals surface area contributed by atoms with Crippen LogP contribution < -0.4 is 0 Å². The molecule has 0 aliphatic carbocycles. The summed E-state index contributed by atoms with van der Waals surface area (Å²) in [7, 11) is 0. The number of unbranched alkanes of at least 4 members (excludes halogenated alkanes) is 1. The first-order valence-electron chi connectivity index (χ1n) is 16.1. The van der Waals surface area contributed by atoms with Crippen LogP contribution in [-0.2, 0) is 0 Å². The normalized spacial score (nSPS) is 12.9. The van der Waals surface area contributed by atoms with Gasteiger partial charge in [0.05, 0.1) is 0 Å². The van der Waals surface area contributed by atoms with Gasteiger partial charge < -0.3 is 0 Å². The Kier molecular flexibility index (Phi) is 10.6. The van der Waals surface area contributed by atoms with Crippen LogP contribution in [0.3, 0.4) is 0 Å². The first-order valence-corrected chi connectivity index (χ1v) is 16.1. The zero-order chi connectivity index (χ0) is 30.7. The van der Waals surface area contributed by atoms with E-state index in [1.807, 2.05) is 0 Å². The largest absolute Gasteiger partial charge is 0.0839 e. The second kappa shape index (κ2) is 15.2. The third-order valence-corrected chi connectivity index (χ3v) is 8.48. The maximum absolute atomic E-state index is 2.33. The van der Waals surface area contributed by atoms with Gasteiger partial charge in [-0.25, -0.2) is 0 Å². The minimum absolute atomic E-state index is 0.521. The fourth-order valence-electron chi connectivity index (χ4n) is 5.68. The molecule has 5 aromatic rings. The van der Waals surface area contributed by atoms with Crippen LogP contribution in [0.15, 0.2) is 151 Å². The van der Waals surface area contributed by atoms with Crippen LogP contribution in [0.25, 0.3) is 45.0 Å². The van der Waals surface area contributed by atoms with Crippen molar-refractivity contribution in [3.05, 3.63) is 168 Å². The molecule has 0 unspecified atom stereocenters. The fourth-order valence-corrected chi connectivity index (χ4v) is 5.68. The first-order chi connectivity index (χ1) is 21.6. The van der Waals surface area contributed by atoms with Crippen molar-refractivity contribution in [3.8, 4) is 33.4 Å². The summed E-state index contributed by atoms with van der Waals surface area (Å²) in [5.74, 6) is 0.521. The summed E-state index contributed by atoms with van der Waals surface area (Å²) in [6, 6.07) is 46.1. The topological polar surface area (TPSA) is 0 Å². The Labute approximate surface area is 265 Å². The average molecular weight is 573 g/mol. The Balaban J connectivity index is 1.48. The maximum atomic E-state index is 2.33. The van der Waals surface area contributed by atoms with Crippen molar-refractivity contribution >= 4 is 11.6 Å². The van der Waals surface area contributed by atoms with Crippen molar-refractivity contribution in [1.82, 2.24) is 0 Å². The van der Waals surface area contributed by atoms with Gasteiger partial charge in [0.2, 0.25) is 0 Å². The summed E-state index contributed by atoms with van der Waals surface area (Å²) >= 11 is 0. The highest BCUT2D eigenvalue weighted by Gasteiger charge is 2.12. The van der Waals surface area contributed by atoms with Gasteiger partial charge in [0, 0.05) is 0 Å². The van der Waals surface area contributed by atoms with Crippen molar-refractivity contribution in [2.45, 2.75) is 52.9 Å². The second-order valence-corrected chi connectivity index (χ2v) is 11.7. The van der Waals surface area contributed by atoms with Crippen LogP contribution in [0.2, 0.25) is 0 Å². The van der Waals surface area contributed by atoms with E-state index >= 15 is 0 Å². The van der Waals surface area contributed by atoms with E-state index in [1.54, 1.807) is 0 Å². The summed E-state index contributed by atoms with van der Waals surface area (Å²) in [5, 5.41) is 0. The molecule has 0 radical (unpaired) electrons. The van der Waals surface area contributed by atoms with Crippen molar-refractivity contribution in [1.29, 1.82) is 0 Å². The van der Waals surface area contributed by atoms with Crippen molar-refractivity contribution in [3.63, 3.8) is 0 Å². The molecule has 0 aliphatic heterocycles. The minimum atomic E-state index is 0.521. The smallest absolute Gasteiger partial charge is 0.0147 e. The molecule has 5 aromatic carbocycles. The van der Waals surface area contributed by atoms with E-state index in [0.29, 0.717) is 5.92 Å². The zero-order valence-corrected chi connectivity index (χ0v) is 26.6. The highest BCUT2D eigenvalue weighted by atomic mass is 14.2. The molecule has 5 rings (SSSR count). The fraction of sp³-hybridized carbons (Fsp3) is 0.182. The monoisotopic (exact) mass is 572 g/mol. The summed E-state index contributed by atoms with van der Waals surface area (Å²) in [4.78, 5) is 0. The predicted molar refractivity (Wildman–Crippen MR) is 194 cm³/mol. The van der Waals surface area contributed by atoms with Gasteiger partial charge in [0.15, 0.2) is 0 Å². The lowest BCUT2D eigenvalue weighted by Crippen LogP contribution is -1.98. The number of hydrogen-bond acceptors (Lipinski definition) is 0. The van der Waals surface area contributed by atoms with E-state index in [9.17, 15) is 0 Å². The molecule has 0 spiro atoms. The van der Waals surface area contributed by atoms with Crippen LogP contribution in [0, 0.1) is 0 Å². The van der Waals surface area contributed by atoms with Gasteiger partial charge in [-0.1, -0.05) is 161 Å². The Morgan fingerprint density at radius 3 is 1.66 bits per heavy atom. The molecule has 220 valence electrons. The highest BCUT2D eigenvalue weighted by molar-refractivity contribution is 5.83. The summed E-state index contributed by atoms with van der Waals surface area (Å²) in [6.45, 7) is 9.08. The summed E-state index contributed by atoms with van der Waals surface area (Å²) < 4.78 is 0. The molecule has 0 heteroatoms. The Bertz CT molecular complexity index is 1670. The average Bonchev–Trinajstić information content (AvgIpc) is 3.09. The Morgan fingerprint density at radius 1 is 0.591 bits per heavy atom. The van der Waals surface area contributed by atoms with E-state index in [4.69, 9.17) is 0 Å². The van der Waals surface area contributed by atoms with Gasteiger partial charge in [-0.15, -0.1) is 0 Å². The molecular weight excluding hydrogens is 528 g/mol. The molecule has 0 saturated heterocycles. The first kappa shape index (κ1) is 30.8. The lowest BCUT2D eigenvalue weighted by Gasteiger charge is -2.17. The minimum Gasteiger partial charge on any atom is -0.0839 e. The zero-order valence-electron chi connectivity index (χ0n) is 26.6. The number of rotatable bonds is 11. The Hall–Kier alpha value is -4.68. The van der Waals surface area contributed by atoms with Crippen molar-refractivity contribution in [2.75, 3.05) is 0 Å². The molecular formula is C44H44. The predicted octanol–water partition coefficient (Wildman–Crippen LogP) is 13.0. The molecule has 44 heavy (non-hydrogen) atoms. The van der Waals surface area contributed by atoms with Crippen molar-refractivity contribution in [2.24, 2.45) is 0 Å². The lowest BCUT2D eigenvalue weighted by molar-refractivity contribution is 0.731. The lowest BCUT2D eigenvalue weighted by atomic mass is 9.88. The van der Waals surface area contributed by atoms with Crippen LogP contribution >= 0.6 is 0 Å². The van der Waals surface area contributed by atoms with Crippen molar-refractivity contribution < 1.29 is 0 Å². The summed E-state index contributed by atoms with van der Waals surface area (Å²) in [6.07, 6.45) is 12.5. The quantitative estimate of drug-likeness (QED) is 0.138. The number of allylic oxidation sites excluding steroid dienone is 5. The third kappa shape index (κ3) is 7.63. The van der Waals surface area contributed by atoms with E-state index in [1.165, 1.54) is 61.2 Å². The highest BCUT2D eigenvalue weighted by Crippen LogP contribution is 2.34. The van der Waals surface area contributed by atoms with Gasteiger partial charge in [-0.3, -0.25) is 0 Å². The molecule has 0 heterocycles. The van der Waals surface area contributed by atoms with Crippen LogP contribution in [0.4, 0.5) is 0 Å². The summed E-state index contributed by atoms with van der Waals surface area (Å²) in [5.41, 5.74) is 13.9. The van der Waals surface area contributed by atoms with Gasteiger partial charge in [-0.05, 0) is 105 Å². The molecule has 0 aliphatic rings. The standard InChI is InChI=1S/C44H44/c1-5-7-10-21-43(44-23-16-15-22-42(44)33(3)6-2)34(4)24-25-35-26-28-38(29-27-35)41-31-39(36-17-11-8-12-18-36)30-40(32-41)37-19-13-9-14-20-37/h8-33H,5-7H2,1-4H3/b21-10+,25-24-,43-34+/t33-/m0/s1. The van der Waals surface area contributed by atoms with Gasteiger partial charge in [0.25, 0.3) is 0 Å². The molecule has 0 fully saturated rings. The van der Waals surface area contributed by atoms with Gasteiger partial charge in [-0.2, -0.15) is 0 Å². The van der Waals surface area contributed by atoms with Crippen LogP contribution in [0.5, 0.6) is 0 Å². The number of hydrogen-bond donors (Lipinski definition) is 0. The molecule has 0 bridgehead atoms. The molecule has 0 saturated carbocycles. The van der Waals surface area contributed by atoms with Gasteiger partial charge in [0.1, 0.15) is 0 Å². The molecule has 0 N–H and O–H groups in total. The van der Waals surface area contributed by atoms with E-state index in [0.717, 1.165) is 19.3 Å². The molecule has 0 nitrogen and oxygen atoms in total. The van der Waals surface area contributed by atoms with Gasteiger partial charge >= 0.3 is 0 Å². The van der Waals surface area contributed by atoms with Crippen LogP contribution in [0.1, 0.15) is 69.6 Å². The molecule has 0 amide bonds. The number of benzene rings is 5. The van der Waals surface area contributed by atoms with E-state index in [2.05, 4.69) is 179 Å². The molecule has 0 aromatic heterocycles. The molecule has 1 atom stereocenters. The second-order valence-electron chi connectivity index (χ2n) is 11.7. The Morgan fingerprint density at radius 2 is 1.11 bits per heavy atom.